The highest BCUT2D eigenvalue weighted by molar-refractivity contribution is 5.98. The lowest BCUT2D eigenvalue weighted by Crippen LogP contribution is -2.26. The van der Waals surface area contributed by atoms with Gasteiger partial charge in [-0.15, -0.1) is 0 Å². The number of carbonyl (C=O) groups is 2. The van der Waals surface area contributed by atoms with E-state index in [9.17, 15) is 9.59 Å². The molecular weight excluding hydrogens is 394 g/mol. The number of amides is 1. The Morgan fingerprint density at radius 1 is 0.839 bits per heavy atom. The Hall–Kier alpha value is -3.80. The average Bonchev–Trinajstić information content (AvgIpc) is 2.79. The summed E-state index contributed by atoms with van der Waals surface area (Å²) in [6, 6.07) is 19.4. The number of nitrogens with one attached hydrogen (secondary N) is 1. The van der Waals surface area contributed by atoms with Gasteiger partial charge in [-0.2, -0.15) is 0 Å². The molecule has 0 fully saturated rings. The van der Waals surface area contributed by atoms with Gasteiger partial charge in [0.05, 0.1) is 19.8 Å². The second kappa shape index (κ2) is 9.80. The van der Waals surface area contributed by atoms with Crippen molar-refractivity contribution in [1.29, 1.82) is 0 Å². The molecule has 1 atom stereocenters. The number of esters is 1. The van der Waals surface area contributed by atoms with E-state index in [1.54, 1.807) is 30.3 Å². The smallest absolute Gasteiger partial charge is 0.339 e. The molecule has 0 aliphatic carbocycles. The molecule has 0 aromatic heterocycles. The first-order valence-corrected chi connectivity index (χ1v) is 9.78. The van der Waals surface area contributed by atoms with Gasteiger partial charge in [0.1, 0.15) is 11.5 Å². The van der Waals surface area contributed by atoms with Crippen LogP contribution in [0.25, 0.3) is 0 Å². The minimum Gasteiger partial charge on any atom is -0.497 e. The van der Waals surface area contributed by atoms with Crippen LogP contribution in [0, 0.1) is 13.8 Å². The number of rotatable bonds is 7. The van der Waals surface area contributed by atoms with Crippen molar-refractivity contribution in [2.24, 2.45) is 0 Å². The van der Waals surface area contributed by atoms with E-state index in [0.29, 0.717) is 22.7 Å². The van der Waals surface area contributed by atoms with Crippen molar-refractivity contribution in [2.75, 3.05) is 19.5 Å². The number of carbonyl (C=O) groups excluding carboxylic acids is 2. The van der Waals surface area contributed by atoms with Crippen LogP contribution >= 0.6 is 0 Å². The lowest BCUT2D eigenvalue weighted by molar-refractivity contribution is -0.125. The van der Waals surface area contributed by atoms with Gasteiger partial charge in [0.15, 0.2) is 0 Å². The summed E-state index contributed by atoms with van der Waals surface area (Å²) in [5.74, 6) is -0.213. The lowest BCUT2D eigenvalue weighted by Gasteiger charge is -2.19. The Labute approximate surface area is 181 Å². The van der Waals surface area contributed by atoms with Gasteiger partial charge in [0.25, 0.3) is 5.91 Å². The summed E-state index contributed by atoms with van der Waals surface area (Å²) in [5.41, 5.74) is 3.38. The van der Waals surface area contributed by atoms with Gasteiger partial charge in [0, 0.05) is 17.3 Å². The molecule has 6 heteroatoms. The first-order valence-electron chi connectivity index (χ1n) is 9.78. The van der Waals surface area contributed by atoms with Crippen LogP contribution in [0.4, 0.5) is 5.69 Å². The Balaban J connectivity index is 1.90. The molecule has 0 saturated carbocycles. The first kappa shape index (κ1) is 21.9. The van der Waals surface area contributed by atoms with Crippen molar-refractivity contribution in [2.45, 2.75) is 20.0 Å². The molecule has 0 heterocycles. The summed E-state index contributed by atoms with van der Waals surface area (Å²) in [7, 11) is 2.99. The van der Waals surface area contributed by atoms with E-state index in [0.717, 1.165) is 11.1 Å². The zero-order valence-electron chi connectivity index (χ0n) is 18.0. The van der Waals surface area contributed by atoms with E-state index in [-0.39, 0.29) is 5.56 Å². The second-order valence-electron chi connectivity index (χ2n) is 7.10. The monoisotopic (exact) mass is 419 g/mol. The molecule has 3 rings (SSSR count). The molecule has 160 valence electrons. The second-order valence-corrected chi connectivity index (χ2v) is 7.10. The molecule has 31 heavy (non-hydrogen) atoms. The van der Waals surface area contributed by atoms with Crippen LogP contribution in [0.1, 0.15) is 33.2 Å². The number of benzene rings is 3. The molecule has 1 amide bonds. The minimum absolute atomic E-state index is 0.219. The van der Waals surface area contributed by atoms with Crippen molar-refractivity contribution in [3.8, 4) is 11.5 Å². The topological polar surface area (TPSA) is 73.9 Å². The van der Waals surface area contributed by atoms with Crippen LogP contribution in [0.3, 0.4) is 0 Å². The van der Waals surface area contributed by atoms with Gasteiger partial charge in [-0.3, -0.25) is 4.79 Å². The Morgan fingerprint density at radius 3 is 2.10 bits per heavy atom. The van der Waals surface area contributed by atoms with E-state index >= 15 is 0 Å². The third-order valence-corrected chi connectivity index (χ3v) is 4.80. The maximum atomic E-state index is 13.2. The van der Waals surface area contributed by atoms with Gasteiger partial charge in [-0.05, 0) is 43.2 Å². The Bertz CT molecular complexity index is 1060. The molecule has 0 aliphatic heterocycles. The quantitative estimate of drug-likeness (QED) is 0.554. The van der Waals surface area contributed by atoms with Gasteiger partial charge in [-0.25, -0.2) is 4.79 Å². The highest BCUT2D eigenvalue weighted by Gasteiger charge is 2.26. The van der Waals surface area contributed by atoms with Crippen LogP contribution < -0.4 is 14.8 Å². The van der Waals surface area contributed by atoms with E-state index in [4.69, 9.17) is 14.2 Å². The molecule has 3 aromatic rings. The summed E-state index contributed by atoms with van der Waals surface area (Å²) in [4.78, 5) is 26.1. The number of methoxy groups -OCH3 is 2. The van der Waals surface area contributed by atoms with Crippen LogP contribution in [-0.2, 0) is 9.53 Å². The number of hydrogen-bond acceptors (Lipinski definition) is 5. The summed E-state index contributed by atoms with van der Waals surface area (Å²) in [6.07, 6.45) is -1.13. The van der Waals surface area contributed by atoms with Crippen molar-refractivity contribution in [3.05, 3.63) is 89.0 Å². The van der Waals surface area contributed by atoms with E-state index < -0.39 is 18.0 Å². The molecule has 0 unspecified atom stereocenters. The predicted octanol–water partition coefficient (Wildman–Crippen LogP) is 4.86. The molecule has 0 spiro atoms. The SMILES string of the molecule is COc1cc(OC)cc(C(=O)O[C@@H](C(=O)Nc2cc(C)ccc2C)c2ccccc2)c1. The number of hydrogen-bond donors (Lipinski definition) is 1. The van der Waals surface area contributed by atoms with Crippen molar-refractivity contribution < 1.29 is 23.8 Å². The van der Waals surface area contributed by atoms with E-state index in [2.05, 4.69) is 5.32 Å². The van der Waals surface area contributed by atoms with E-state index in [1.807, 2.05) is 38.1 Å². The van der Waals surface area contributed by atoms with Crippen LogP contribution in [0.2, 0.25) is 0 Å². The number of aryl methyl sites for hydroxylation is 2. The minimum atomic E-state index is -1.13. The third kappa shape index (κ3) is 5.42. The highest BCUT2D eigenvalue weighted by Crippen LogP contribution is 2.27. The molecule has 1 N–H and O–H groups in total. The average molecular weight is 419 g/mol. The van der Waals surface area contributed by atoms with Crippen LogP contribution in [0.15, 0.2) is 66.7 Å². The van der Waals surface area contributed by atoms with Crippen molar-refractivity contribution in [1.82, 2.24) is 0 Å². The largest absolute Gasteiger partial charge is 0.497 e. The van der Waals surface area contributed by atoms with Crippen LogP contribution in [0.5, 0.6) is 11.5 Å². The maximum absolute atomic E-state index is 13.2. The first-order chi connectivity index (χ1) is 14.9. The van der Waals surface area contributed by atoms with Gasteiger partial charge in [0.2, 0.25) is 6.10 Å². The summed E-state index contributed by atoms with van der Waals surface area (Å²) >= 11 is 0. The van der Waals surface area contributed by atoms with Gasteiger partial charge < -0.3 is 19.5 Å². The summed E-state index contributed by atoms with van der Waals surface area (Å²) in [5, 5.41) is 2.89. The fraction of sp³-hybridized carbons (Fsp3) is 0.200. The fourth-order valence-electron chi connectivity index (χ4n) is 3.07. The van der Waals surface area contributed by atoms with Crippen LogP contribution in [-0.4, -0.2) is 26.1 Å². The molecule has 0 saturated heterocycles. The van der Waals surface area contributed by atoms with Crippen molar-refractivity contribution >= 4 is 17.6 Å². The zero-order valence-corrected chi connectivity index (χ0v) is 18.0. The van der Waals surface area contributed by atoms with E-state index in [1.165, 1.54) is 26.4 Å². The number of ether oxygens (including phenoxy) is 3. The summed E-state index contributed by atoms with van der Waals surface area (Å²) in [6.45, 7) is 3.85. The Kier molecular flexibility index (Phi) is 6.92. The van der Waals surface area contributed by atoms with Gasteiger partial charge >= 0.3 is 5.97 Å². The molecule has 0 bridgehead atoms. The lowest BCUT2D eigenvalue weighted by atomic mass is 10.1. The third-order valence-electron chi connectivity index (χ3n) is 4.80. The predicted molar refractivity (Wildman–Crippen MR) is 119 cm³/mol. The highest BCUT2D eigenvalue weighted by atomic mass is 16.5. The molecule has 6 nitrogen and oxygen atoms in total. The normalized spacial score (nSPS) is 11.4. The molecule has 0 radical (unpaired) electrons. The zero-order chi connectivity index (χ0) is 22.4. The Morgan fingerprint density at radius 2 is 1.48 bits per heavy atom. The van der Waals surface area contributed by atoms with Gasteiger partial charge in [-0.1, -0.05) is 42.5 Å². The molecule has 0 aliphatic rings. The molecule has 3 aromatic carbocycles. The summed E-state index contributed by atoms with van der Waals surface area (Å²) < 4.78 is 16.1. The standard InChI is InChI=1S/C25H25NO5/c1-16-10-11-17(2)22(12-16)26-24(27)23(18-8-6-5-7-9-18)31-25(28)19-13-20(29-3)15-21(14-19)30-4/h5-15,23H,1-4H3,(H,26,27)/t23-/m1/s1. The number of anilines is 1. The molecular formula is C25H25NO5. The fourth-order valence-corrected chi connectivity index (χ4v) is 3.07. The maximum Gasteiger partial charge on any atom is 0.339 e. The van der Waals surface area contributed by atoms with Crippen molar-refractivity contribution in [3.63, 3.8) is 0 Å².